The van der Waals surface area contributed by atoms with Crippen molar-refractivity contribution in [3.63, 3.8) is 0 Å². The predicted octanol–water partition coefficient (Wildman–Crippen LogP) is 4.55. The fourth-order valence-corrected chi connectivity index (χ4v) is 3.99. The Kier molecular flexibility index (Phi) is 3.69. The van der Waals surface area contributed by atoms with E-state index in [1.54, 1.807) is 35.4 Å². The molecule has 5 nitrogen and oxygen atoms in total. The van der Waals surface area contributed by atoms with Crippen molar-refractivity contribution in [1.29, 1.82) is 0 Å². The molecule has 3 aromatic heterocycles. The Balaban J connectivity index is 1.52. The molecule has 27 heavy (non-hydrogen) atoms. The maximum Gasteiger partial charge on any atom is 0.253 e. The molecule has 0 aromatic carbocycles. The summed E-state index contributed by atoms with van der Waals surface area (Å²) in [4.78, 5) is 8.67. The van der Waals surface area contributed by atoms with Crippen LogP contribution in [0.4, 0.5) is 8.78 Å². The second-order valence-corrected chi connectivity index (χ2v) is 8.35. The van der Waals surface area contributed by atoms with Gasteiger partial charge in [0.25, 0.3) is 5.92 Å². The SMILES string of the molecule is FC1(F)CC(c2ccc(Br)cn2)(n2cc(-c3cncc(C4CC4)c3)nn2)C1. The molecule has 138 valence electrons. The first-order chi connectivity index (χ1) is 13.0. The Hall–Kier alpha value is -2.22. The average Bonchev–Trinajstić information content (AvgIpc) is 3.37. The Morgan fingerprint density at radius 1 is 1.11 bits per heavy atom. The number of halogens is 3. The molecule has 0 spiro atoms. The van der Waals surface area contributed by atoms with Gasteiger partial charge in [0.2, 0.25) is 0 Å². The molecule has 2 aliphatic rings. The van der Waals surface area contributed by atoms with E-state index in [1.165, 1.54) is 18.4 Å². The first kappa shape index (κ1) is 16.9. The standard InChI is InChI=1S/C19H16BrF2N5/c20-15-3-4-17(24-8-15)18(10-19(21,22)11-18)27-9-16(25-26-27)14-5-13(6-23-7-14)12-1-2-12/h3-9,12H,1-2,10-11H2. The summed E-state index contributed by atoms with van der Waals surface area (Å²) in [6.07, 6.45) is 8.67. The van der Waals surface area contributed by atoms with E-state index in [1.807, 2.05) is 6.20 Å². The Morgan fingerprint density at radius 2 is 1.93 bits per heavy atom. The zero-order valence-corrected chi connectivity index (χ0v) is 15.9. The van der Waals surface area contributed by atoms with E-state index in [-0.39, 0.29) is 12.8 Å². The lowest BCUT2D eigenvalue weighted by molar-refractivity contribution is -0.141. The van der Waals surface area contributed by atoms with Crippen LogP contribution in [0.3, 0.4) is 0 Å². The lowest BCUT2D eigenvalue weighted by Crippen LogP contribution is -2.54. The molecular formula is C19H16BrF2N5. The topological polar surface area (TPSA) is 56.5 Å². The highest BCUT2D eigenvalue weighted by atomic mass is 79.9. The molecule has 0 aliphatic heterocycles. The highest BCUT2D eigenvalue weighted by molar-refractivity contribution is 9.10. The van der Waals surface area contributed by atoms with Crippen LogP contribution < -0.4 is 0 Å². The van der Waals surface area contributed by atoms with Crippen LogP contribution in [0.15, 0.2) is 47.5 Å². The van der Waals surface area contributed by atoms with Gasteiger partial charge in [-0.15, -0.1) is 5.10 Å². The van der Waals surface area contributed by atoms with Crippen LogP contribution >= 0.6 is 15.9 Å². The summed E-state index contributed by atoms with van der Waals surface area (Å²) in [6.45, 7) is 0. The molecule has 3 aromatic rings. The molecule has 0 N–H and O–H groups in total. The normalized spacial score (nSPS) is 20.3. The van der Waals surface area contributed by atoms with E-state index in [9.17, 15) is 8.78 Å². The second kappa shape index (κ2) is 5.89. The lowest BCUT2D eigenvalue weighted by Gasteiger charge is -2.46. The highest BCUT2D eigenvalue weighted by Crippen LogP contribution is 2.53. The van der Waals surface area contributed by atoms with E-state index in [2.05, 4.69) is 42.3 Å². The zero-order chi connectivity index (χ0) is 18.6. The van der Waals surface area contributed by atoms with Gasteiger partial charge >= 0.3 is 0 Å². The molecule has 2 aliphatic carbocycles. The molecule has 5 rings (SSSR count). The predicted molar refractivity (Wildman–Crippen MR) is 98.4 cm³/mol. The smallest absolute Gasteiger partial charge is 0.253 e. The number of nitrogens with zero attached hydrogens (tertiary/aromatic N) is 5. The van der Waals surface area contributed by atoms with Gasteiger partial charge in [-0.25, -0.2) is 13.5 Å². The number of pyridine rings is 2. The van der Waals surface area contributed by atoms with Crippen molar-refractivity contribution in [2.75, 3.05) is 0 Å². The fourth-order valence-electron chi connectivity index (χ4n) is 3.76. The van der Waals surface area contributed by atoms with E-state index in [0.717, 1.165) is 10.0 Å². The van der Waals surface area contributed by atoms with Crippen molar-refractivity contribution in [3.05, 3.63) is 58.7 Å². The van der Waals surface area contributed by atoms with Crippen LogP contribution in [-0.2, 0) is 5.54 Å². The molecule has 0 amide bonds. The minimum Gasteiger partial charge on any atom is -0.264 e. The maximum absolute atomic E-state index is 13.9. The van der Waals surface area contributed by atoms with Crippen molar-refractivity contribution in [2.24, 2.45) is 0 Å². The molecule has 2 fully saturated rings. The van der Waals surface area contributed by atoms with E-state index >= 15 is 0 Å². The number of aromatic nitrogens is 5. The van der Waals surface area contributed by atoms with Gasteiger partial charge in [-0.05, 0) is 58.5 Å². The summed E-state index contributed by atoms with van der Waals surface area (Å²) in [5.74, 6) is -2.15. The summed E-state index contributed by atoms with van der Waals surface area (Å²) >= 11 is 3.34. The monoisotopic (exact) mass is 431 g/mol. The first-order valence-electron chi connectivity index (χ1n) is 8.83. The van der Waals surface area contributed by atoms with E-state index in [4.69, 9.17) is 0 Å². The van der Waals surface area contributed by atoms with E-state index < -0.39 is 11.5 Å². The van der Waals surface area contributed by atoms with Crippen LogP contribution in [0, 0.1) is 0 Å². The van der Waals surface area contributed by atoms with Gasteiger partial charge in [0, 0.05) is 41.5 Å². The Morgan fingerprint density at radius 3 is 2.59 bits per heavy atom. The molecular weight excluding hydrogens is 416 g/mol. The minimum absolute atomic E-state index is 0.336. The summed E-state index contributed by atoms with van der Waals surface area (Å²) < 4.78 is 30.0. The zero-order valence-electron chi connectivity index (χ0n) is 14.3. The van der Waals surface area contributed by atoms with Crippen LogP contribution in [0.1, 0.15) is 42.9 Å². The summed E-state index contributed by atoms with van der Waals surface area (Å²) in [5, 5.41) is 8.43. The molecule has 0 unspecified atom stereocenters. The van der Waals surface area contributed by atoms with Crippen molar-refractivity contribution >= 4 is 15.9 Å². The quantitative estimate of drug-likeness (QED) is 0.607. The van der Waals surface area contributed by atoms with Crippen molar-refractivity contribution < 1.29 is 8.78 Å². The molecule has 3 heterocycles. The second-order valence-electron chi connectivity index (χ2n) is 7.43. The minimum atomic E-state index is -2.73. The number of alkyl halides is 2. The largest absolute Gasteiger partial charge is 0.264 e. The Bertz CT molecular complexity index is 989. The summed E-state index contributed by atoms with van der Waals surface area (Å²) in [6, 6.07) is 5.64. The molecule has 0 bridgehead atoms. The number of hydrogen-bond donors (Lipinski definition) is 0. The molecule has 0 radical (unpaired) electrons. The van der Waals surface area contributed by atoms with Gasteiger partial charge in [-0.2, -0.15) is 0 Å². The van der Waals surface area contributed by atoms with Crippen LogP contribution in [0.2, 0.25) is 0 Å². The Labute approximate surface area is 163 Å². The number of rotatable bonds is 4. The molecule has 0 atom stereocenters. The third kappa shape index (κ3) is 2.96. The summed E-state index contributed by atoms with van der Waals surface area (Å²) in [7, 11) is 0. The highest BCUT2D eigenvalue weighted by Gasteiger charge is 2.60. The van der Waals surface area contributed by atoms with Crippen LogP contribution in [0.5, 0.6) is 0 Å². The third-order valence-electron chi connectivity index (χ3n) is 5.34. The van der Waals surface area contributed by atoms with Gasteiger partial charge in [-0.3, -0.25) is 9.97 Å². The fraction of sp³-hybridized carbons (Fsp3) is 0.368. The maximum atomic E-state index is 13.9. The molecule has 0 saturated heterocycles. The summed E-state index contributed by atoms with van der Waals surface area (Å²) in [5.41, 5.74) is 2.28. The first-order valence-corrected chi connectivity index (χ1v) is 9.63. The van der Waals surface area contributed by atoms with Crippen LogP contribution in [-0.4, -0.2) is 30.9 Å². The number of hydrogen-bond acceptors (Lipinski definition) is 4. The van der Waals surface area contributed by atoms with Gasteiger partial charge < -0.3 is 0 Å². The van der Waals surface area contributed by atoms with Crippen molar-refractivity contribution in [1.82, 2.24) is 25.0 Å². The average molecular weight is 432 g/mol. The van der Waals surface area contributed by atoms with Gasteiger partial charge in [0.1, 0.15) is 11.2 Å². The molecule has 2 saturated carbocycles. The van der Waals surface area contributed by atoms with Gasteiger partial charge in [-0.1, -0.05) is 5.21 Å². The van der Waals surface area contributed by atoms with Gasteiger partial charge in [0.05, 0.1) is 11.9 Å². The van der Waals surface area contributed by atoms with Crippen molar-refractivity contribution in [3.8, 4) is 11.3 Å². The van der Waals surface area contributed by atoms with Crippen LogP contribution in [0.25, 0.3) is 11.3 Å². The lowest BCUT2D eigenvalue weighted by atomic mass is 9.71. The van der Waals surface area contributed by atoms with Crippen molar-refractivity contribution in [2.45, 2.75) is 43.1 Å². The third-order valence-corrected chi connectivity index (χ3v) is 5.81. The van der Waals surface area contributed by atoms with E-state index in [0.29, 0.717) is 17.3 Å². The van der Waals surface area contributed by atoms with Gasteiger partial charge in [0.15, 0.2) is 0 Å². The molecule has 8 heteroatoms.